The van der Waals surface area contributed by atoms with Crippen LogP contribution in [0.1, 0.15) is 19.5 Å². The van der Waals surface area contributed by atoms with Gasteiger partial charge in [0.05, 0.1) is 10.7 Å². The van der Waals surface area contributed by atoms with Crippen LogP contribution in [-0.4, -0.2) is 26.5 Å². The maximum Gasteiger partial charge on any atom is 0.206 e. The van der Waals surface area contributed by atoms with Crippen molar-refractivity contribution in [2.45, 2.75) is 20.8 Å². The molecule has 0 spiro atoms. The van der Waals surface area contributed by atoms with Crippen molar-refractivity contribution >= 4 is 28.1 Å². The van der Waals surface area contributed by atoms with Crippen LogP contribution < -0.4 is 5.32 Å². The van der Waals surface area contributed by atoms with Crippen LogP contribution in [-0.2, 0) is 7.05 Å². The zero-order valence-corrected chi connectivity index (χ0v) is 12.4. The van der Waals surface area contributed by atoms with E-state index >= 15 is 0 Å². The lowest BCUT2D eigenvalue weighted by atomic mass is 10.2. The summed E-state index contributed by atoms with van der Waals surface area (Å²) in [6.45, 7) is 7.10. The number of aromatic nitrogens is 4. The first-order valence-corrected chi connectivity index (χ1v) is 6.95. The predicted molar refractivity (Wildman–Crippen MR) is 75.2 cm³/mol. The van der Waals surface area contributed by atoms with Gasteiger partial charge in [0.15, 0.2) is 5.01 Å². The minimum atomic E-state index is 0.568. The Morgan fingerprint density at radius 1 is 1.39 bits per heavy atom. The molecule has 1 N–H and O–H groups in total. The highest BCUT2D eigenvalue weighted by Crippen LogP contribution is 2.32. The number of hydrogen-bond donors (Lipinski definition) is 1. The van der Waals surface area contributed by atoms with Gasteiger partial charge >= 0.3 is 0 Å². The molecular formula is C11H16ClN5S. The predicted octanol–water partition coefficient (Wildman–Crippen LogP) is 2.97. The fourth-order valence-corrected chi connectivity index (χ4v) is 2.45. The average Bonchev–Trinajstić information content (AvgIpc) is 2.87. The molecule has 0 fully saturated rings. The first-order chi connectivity index (χ1) is 8.49. The summed E-state index contributed by atoms with van der Waals surface area (Å²) in [5, 5.41) is 18.0. The first kappa shape index (κ1) is 13.3. The van der Waals surface area contributed by atoms with Gasteiger partial charge in [-0.05, 0) is 12.8 Å². The Kier molecular flexibility index (Phi) is 3.87. The van der Waals surface area contributed by atoms with Crippen LogP contribution in [0.3, 0.4) is 0 Å². The summed E-state index contributed by atoms with van der Waals surface area (Å²) in [5.41, 5.74) is 1.63. The molecule has 0 radical (unpaired) electrons. The number of aryl methyl sites for hydroxylation is 1. The van der Waals surface area contributed by atoms with Crippen molar-refractivity contribution in [3.05, 3.63) is 10.7 Å². The van der Waals surface area contributed by atoms with Crippen molar-refractivity contribution in [1.82, 2.24) is 20.0 Å². The Balaban J connectivity index is 2.21. The van der Waals surface area contributed by atoms with E-state index in [-0.39, 0.29) is 0 Å². The third-order valence-corrected chi connectivity index (χ3v) is 3.89. The van der Waals surface area contributed by atoms with E-state index < -0.39 is 0 Å². The van der Waals surface area contributed by atoms with E-state index in [0.717, 1.165) is 22.4 Å². The van der Waals surface area contributed by atoms with Gasteiger partial charge in [0, 0.05) is 13.6 Å². The van der Waals surface area contributed by atoms with Crippen LogP contribution in [0.15, 0.2) is 0 Å². The van der Waals surface area contributed by atoms with Crippen LogP contribution in [0.4, 0.5) is 5.13 Å². The highest BCUT2D eigenvalue weighted by Gasteiger charge is 2.16. The molecule has 0 saturated carbocycles. The topological polar surface area (TPSA) is 55.6 Å². The smallest absolute Gasteiger partial charge is 0.206 e. The maximum absolute atomic E-state index is 6.22. The normalized spacial score (nSPS) is 11.2. The third kappa shape index (κ3) is 2.64. The van der Waals surface area contributed by atoms with Crippen molar-refractivity contribution in [3.8, 4) is 10.7 Å². The number of nitrogens with zero attached hydrogens (tertiary/aromatic N) is 4. The second kappa shape index (κ2) is 5.24. The molecule has 2 rings (SSSR count). The molecule has 2 heterocycles. The molecule has 0 saturated heterocycles. The van der Waals surface area contributed by atoms with E-state index in [2.05, 4.69) is 34.5 Å². The summed E-state index contributed by atoms with van der Waals surface area (Å²) in [4.78, 5) is 0. The van der Waals surface area contributed by atoms with E-state index in [4.69, 9.17) is 11.6 Å². The van der Waals surface area contributed by atoms with Gasteiger partial charge in [-0.3, -0.25) is 4.68 Å². The van der Waals surface area contributed by atoms with Gasteiger partial charge in [-0.25, -0.2) is 0 Å². The molecular weight excluding hydrogens is 270 g/mol. The van der Waals surface area contributed by atoms with Crippen LogP contribution in [0.25, 0.3) is 10.7 Å². The van der Waals surface area contributed by atoms with E-state index in [1.54, 1.807) is 4.68 Å². The Labute approximate surface area is 115 Å². The Morgan fingerprint density at radius 3 is 2.67 bits per heavy atom. The molecule has 0 aromatic carbocycles. The summed E-state index contributed by atoms with van der Waals surface area (Å²) in [6.07, 6.45) is 0. The number of rotatable bonds is 4. The summed E-state index contributed by atoms with van der Waals surface area (Å²) < 4.78 is 1.75. The van der Waals surface area contributed by atoms with Crippen molar-refractivity contribution in [2.75, 3.05) is 11.9 Å². The number of nitrogens with one attached hydrogen (secondary N) is 1. The van der Waals surface area contributed by atoms with Crippen LogP contribution in [0, 0.1) is 12.8 Å². The van der Waals surface area contributed by atoms with Gasteiger partial charge in [0.1, 0.15) is 5.69 Å². The second-order valence-electron chi connectivity index (χ2n) is 4.56. The van der Waals surface area contributed by atoms with E-state index in [9.17, 15) is 0 Å². The fourth-order valence-electron chi connectivity index (χ4n) is 1.40. The second-order valence-corrected chi connectivity index (χ2v) is 5.91. The molecule has 18 heavy (non-hydrogen) atoms. The van der Waals surface area contributed by atoms with Crippen LogP contribution in [0.5, 0.6) is 0 Å². The Morgan fingerprint density at radius 2 is 2.11 bits per heavy atom. The number of anilines is 1. The highest BCUT2D eigenvalue weighted by atomic mass is 35.5. The van der Waals surface area contributed by atoms with Crippen LogP contribution in [0.2, 0.25) is 5.02 Å². The molecule has 2 aromatic rings. The standard InChI is InChI=1S/C11H16ClN5S/c1-6(2)5-13-11-15-14-10(18-11)9-8(12)7(3)17(4)16-9/h6H,5H2,1-4H3,(H,13,15). The molecule has 0 amide bonds. The van der Waals surface area contributed by atoms with Crippen molar-refractivity contribution in [1.29, 1.82) is 0 Å². The summed E-state index contributed by atoms with van der Waals surface area (Å²) >= 11 is 7.69. The summed E-state index contributed by atoms with van der Waals surface area (Å²) in [7, 11) is 1.86. The molecule has 0 aliphatic heterocycles. The molecule has 0 atom stereocenters. The lowest BCUT2D eigenvalue weighted by Crippen LogP contribution is -2.07. The molecule has 0 bridgehead atoms. The lowest BCUT2D eigenvalue weighted by Gasteiger charge is -2.03. The van der Waals surface area contributed by atoms with Crippen molar-refractivity contribution < 1.29 is 0 Å². The first-order valence-electron chi connectivity index (χ1n) is 5.76. The van der Waals surface area contributed by atoms with Crippen molar-refractivity contribution in [3.63, 3.8) is 0 Å². The maximum atomic E-state index is 6.22. The molecule has 98 valence electrons. The lowest BCUT2D eigenvalue weighted by molar-refractivity contribution is 0.687. The van der Waals surface area contributed by atoms with Gasteiger partial charge < -0.3 is 5.32 Å². The molecule has 5 nitrogen and oxygen atoms in total. The minimum Gasteiger partial charge on any atom is -0.360 e. The van der Waals surface area contributed by atoms with E-state index in [1.165, 1.54) is 11.3 Å². The zero-order chi connectivity index (χ0) is 13.3. The fraction of sp³-hybridized carbons (Fsp3) is 0.545. The largest absolute Gasteiger partial charge is 0.360 e. The molecule has 7 heteroatoms. The number of hydrogen-bond acceptors (Lipinski definition) is 5. The summed E-state index contributed by atoms with van der Waals surface area (Å²) in [5.74, 6) is 0.568. The van der Waals surface area contributed by atoms with E-state index in [1.807, 2.05) is 14.0 Å². The van der Waals surface area contributed by atoms with Gasteiger partial charge in [0.25, 0.3) is 0 Å². The quantitative estimate of drug-likeness (QED) is 0.938. The monoisotopic (exact) mass is 285 g/mol. The average molecular weight is 286 g/mol. The molecule has 0 aliphatic carbocycles. The molecule has 0 aliphatic rings. The van der Waals surface area contributed by atoms with Gasteiger partial charge in [-0.1, -0.05) is 36.8 Å². The van der Waals surface area contributed by atoms with Crippen LogP contribution >= 0.6 is 22.9 Å². The minimum absolute atomic E-state index is 0.568. The van der Waals surface area contributed by atoms with Gasteiger partial charge in [-0.2, -0.15) is 5.10 Å². The Hall–Kier alpha value is -1.14. The van der Waals surface area contributed by atoms with E-state index in [0.29, 0.717) is 16.6 Å². The zero-order valence-electron chi connectivity index (χ0n) is 10.9. The molecule has 2 aromatic heterocycles. The summed E-state index contributed by atoms with van der Waals surface area (Å²) in [6, 6.07) is 0. The van der Waals surface area contributed by atoms with Gasteiger partial charge in [-0.15, -0.1) is 10.2 Å². The highest BCUT2D eigenvalue weighted by molar-refractivity contribution is 7.18. The molecule has 0 unspecified atom stereocenters. The number of halogens is 1. The Bertz CT molecular complexity index is 546. The third-order valence-electron chi connectivity index (χ3n) is 2.55. The SMILES string of the molecule is Cc1c(Cl)c(-c2nnc(NCC(C)C)s2)nn1C. The van der Waals surface area contributed by atoms with Gasteiger partial charge in [0.2, 0.25) is 5.13 Å². The van der Waals surface area contributed by atoms with Crippen molar-refractivity contribution in [2.24, 2.45) is 13.0 Å².